The van der Waals surface area contributed by atoms with E-state index >= 15 is 0 Å². The summed E-state index contributed by atoms with van der Waals surface area (Å²) in [5.41, 5.74) is 2.21. The van der Waals surface area contributed by atoms with Gasteiger partial charge in [0.25, 0.3) is 17.1 Å². The molecule has 1 heterocycles. The predicted molar refractivity (Wildman–Crippen MR) is 123 cm³/mol. The molecule has 1 aliphatic rings. The molecule has 3 amide bonds. The van der Waals surface area contributed by atoms with Crippen LogP contribution in [0.2, 0.25) is 0 Å². The molecule has 0 atom stereocenters. The lowest BCUT2D eigenvalue weighted by atomic mass is 10.2. The van der Waals surface area contributed by atoms with E-state index in [9.17, 15) is 19.2 Å². The van der Waals surface area contributed by atoms with Gasteiger partial charge in [-0.3, -0.25) is 24.1 Å². The second-order valence-corrected chi connectivity index (χ2v) is 7.90. The van der Waals surface area contributed by atoms with Crippen LogP contribution in [0, 0.1) is 6.92 Å². The average Bonchev–Trinajstić information content (AvgIpc) is 3.06. The summed E-state index contributed by atoms with van der Waals surface area (Å²) < 4.78 is 15.4. The van der Waals surface area contributed by atoms with Gasteiger partial charge in [-0.25, -0.2) is 0 Å². The number of hydrogen-bond donors (Lipinski definition) is 1. The number of carbonyl (C=O) groups excluding carboxylic acids is 4. The van der Waals surface area contributed by atoms with E-state index < -0.39 is 23.7 Å². The fourth-order valence-corrected chi connectivity index (χ4v) is 3.76. The minimum atomic E-state index is -0.687. The van der Waals surface area contributed by atoms with E-state index in [0.29, 0.717) is 22.7 Å². The number of para-hydroxylation sites is 1. The molecule has 10 heteroatoms. The molecule has 2 aromatic rings. The molecule has 0 aromatic heterocycles. The van der Waals surface area contributed by atoms with Crippen molar-refractivity contribution in [1.29, 1.82) is 0 Å². The van der Waals surface area contributed by atoms with Crippen LogP contribution in [0.15, 0.2) is 47.4 Å². The Morgan fingerprint density at radius 2 is 1.85 bits per heavy atom. The molecule has 0 unspecified atom stereocenters. The maximum atomic E-state index is 12.5. The smallest absolute Gasteiger partial charge is 0.325 e. The normalized spacial score (nSPS) is 14.4. The highest BCUT2D eigenvalue weighted by atomic mass is 32.2. The van der Waals surface area contributed by atoms with Crippen LogP contribution in [0.3, 0.4) is 0 Å². The van der Waals surface area contributed by atoms with Crippen LogP contribution in [-0.2, 0) is 19.1 Å². The molecule has 1 saturated heterocycles. The Morgan fingerprint density at radius 1 is 1.09 bits per heavy atom. The Labute approximate surface area is 194 Å². The van der Waals surface area contributed by atoms with E-state index in [4.69, 9.17) is 9.47 Å². The molecule has 0 radical (unpaired) electrons. The largest absolute Gasteiger partial charge is 0.493 e. The molecule has 0 aliphatic carbocycles. The van der Waals surface area contributed by atoms with Gasteiger partial charge in [-0.05, 0) is 54.1 Å². The molecule has 172 valence electrons. The fraction of sp³-hybridized carbons (Fsp3) is 0.217. The van der Waals surface area contributed by atoms with Crippen molar-refractivity contribution in [3.63, 3.8) is 0 Å². The molecule has 1 fully saturated rings. The Morgan fingerprint density at radius 3 is 2.55 bits per heavy atom. The SMILES string of the molecule is COC(=O)CN1C(=O)S/C(=C\c2ccc(OCC(=O)Nc3ccccc3C)c(OC)c2)C1=O. The van der Waals surface area contributed by atoms with Crippen molar-refractivity contribution in [3.8, 4) is 11.5 Å². The van der Waals surface area contributed by atoms with E-state index in [0.717, 1.165) is 22.2 Å². The van der Waals surface area contributed by atoms with Crippen molar-refractivity contribution < 1.29 is 33.4 Å². The summed E-state index contributed by atoms with van der Waals surface area (Å²) in [7, 11) is 2.63. The van der Waals surface area contributed by atoms with E-state index in [1.54, 1.807) is 24.3 Å². The quantitative estimate of drug-likeness (QED) is 0.462. The lowest BCUT2D eigenvalue weighted by Gasteiger charge is -2.12. The van der Waals surface area contributed by atoms with E-state index in [1.807, 2.05) is 25.1 Å². The standard InChI is InChI=1S/C23H22N2O7S/c1-14-6-4-5-7-16(14)24-20(26)13-32-17-9-8-15(10-18(17)30-2)11-19-22(28)25(23(29)33-19)12-21(27)31-3/h4-11H,12-13H2,1-3H3,(H,24,26)/b19-11-. The van der Waals surface area contributed by atoms with Crippen LogP contribution in [0.4, 0.5) is 10.5 Å². The Balaban J connectivity index is 1.68. The molecule has 3 rings (SSSR count). The van der Waals surface area contributed by atoms with Crippen LogP contribution >= 0.6 is 11.8 Å². The number of amides is 3. The number of nitrogens with zero attached hydrogens (tertiary/aromatic N) is 1. The van der Waals surface area contributed by atoms with Crippen molar-refractivity contribution in [2.45, 2.75) is 6.92 Å². The van der Waals surface area contributed by atoms with Gasteiger partial charge in [0.2, 0.25) is 0 Å². The molecule has 0 bridgehead atoms. The molecular formula is C23H22N2O7S. The topological polar surface area (TPSA) is 111 Å². The number of ether oxygens (including phenoxy) is 3. The highest BCUT2D eigenvalue weighted by molar-refractivity contribution is 8.18. The minimum Gasteiger partial charge on any atom is -0.493 e. The number of esters is 1. The second kappa shape index (κ2) is 10.7. The van der Waals surface area contributed by atoms with E-state index in [1.165, 1.54) is 20.3 Å². The first-order valence-electron chi connectivity index (χ1n) is 9.81. The van der Waals surface area contributed by atoms with E-state index in [-0.39, 0.29) is 17.4 Å². The van der Waals surface area contributed by atoms with Gasteiger partial charge >= 0.3 is 5.97 Å². The zero-order chi connectivity index (χ0) is 24.0. The summed E-state index contributed by atoms with van der Waals surface area (Å²) in [6.07, 6.45) is 1.51. The van der Waals surface area contributed by atoms with Gasteiger partial charge in [-0.1, -0.05) is 24.3 Å². The van der Waals surface area contributed by atoms with Gasteiger partial charge in [-0.15, -0.1) is 0 Å². The molecule has 33 heavy (non-hydrogen) atoms. The maximum Gasteiger partial charge on any atom is 0.325 e. The summed E-state index contributed by atoms with van der Waals surface area (Å²) in [5.74, 6) is -0.903. The first-order chi connectivity index (χ1) is 15.8. The molecule has 2 aromatic carbocycles. The van der Waals surface area contributed by atoms with Gasteiger partial charge in [0.1, 0.15) is 6.54 Å². The number of aryl methyl sites for hydroxylation is 1. The van der Waals surface area contributed by atoms with Crippen molar-refractivity contribution in [3.05, 3.63) is 58.5 Å². The van der Waals surface area contributed by atoms with Crippen LogP contribution in [0.5, 0.6) is 11.5 Å². The van der Waals surface area contributed by atoms with Crippen molar-refractivity contribution in [2.24, 2.45) is 0 Å². The third-order valence-corrected chi connectivity index (χ3v) is 5.56. The van der Waals surface area contributed by atoms with E-state index in [2.05, 4.69) is 10.1 Å². The fourth-order valence-electron chi connectivity index (χ4n) is 2.92. The third-order valence-electron chi connectivity index (χ3n) is 4.65. The predicted octanol–water partition coefficient (Wildman–Crippen LogP) is 3.23. The molecule has 1 aliphatic heterocycles. The minimum absolute atomic E-state index is 0.164. The van der Waals surface area contributed by atoms with Gasteiger partial charge in [0, 0.05) is 5.69 Å². The van der Waals surface area contributed by atoms with Gasteiger partial charge < -0.3 is 19.5 Å². The zero-order valence-corrected chi connectivity index (χ0v) is 19.1. The number of hydrogen-bond acceptors (Lipinski definition) is 8. The highest BCUT2D eigenvalue weighted by Gasteiger charge is 2.36. The Bertz CT molecular complexity index is 1130. The zero-order valence-electron chi connectivity index (χ0n) is 18.2. The summed E-state index contributed by atoms with van der Waals surface area (Å²) in [6.45, 7) is 1.22. The Kier molecular flexibility index (Phi) is 7.73. The summed E-state index contributed by atoms with van der Waals surface area (Å²) >= 11 is 0.729. The number of thioether (sulfide) groups is 1. The maximum absolute atomic E-state index is 12.5. The van der Waals surface area contributed by atoms with Gasteiger partial charge in [0.15, 0.2) is 18.1 Å². The molecule has 0 spiro atoms. The molecule has 0 saturated carbocycles. The van der Waals surface area contributed by atoms with Gasteiger partial charge in [0.05, 0.1) is 19.1 Å². The first kappa shape index (κ1) is 23.9. The number of benzene rings is 2. The summed E-state index contributed by atoms with van der Waals surface area (Å²) in [6, 6.07) is 12.3. The molecule has 9 nitrogen and oxygen atoms in total. The first-order valence-corrected chi connectivity index (χ1v) is 10.6. The molecular weight excluding hydrogens is 448 g/mol. The summed E-state index contributed by atoms with van der Waals surface area (Å²) in [5, 5.41) is 2.23. The van der Waals surface area contributed by atoms with Crippen LogP contribution < -0.4 is 14.8 Å². The van der Waals surface area contributed by atoms with Gasteiger partial charge in [-0.2, -0.15) is 0 Å². The number of imide groups is 1. The Hall–Kier alpha value is -3.79. The number of nitrogens with one attached hydrogen (secondary N) is 1. The monoisotopic (exact) mass is 470 g/mol. The van der Waals surface area contributed by atoms with Crippen molar-refractivity contribution >= 4 is 46.5 Å². The lowest BCUT2D eigenvalue weighted by Crippen LogP contribution is -2.34. The number of rotatable bonds is 8. The second-order valence-electron chi connectivity index (χ2n) is 6.91. The van der Waals surface area contributed by atoms with Crippen molar-refractivity contribution in [1.82, 2.24) is 4.90 Å². The lowest BCUT2D eigenvalue weighted by molar-refractivity contribution is -0.143. The summed E-state index contributed by atoms with van der Waals surface area (Å²) in [4.78, 5) is 49.1. The third kappa shape index (κ3) is 5.92. The highest BCUT2D eigenvalue weighted by Crippen LogP contribution is 2.34. The molecule has 1 N–H and O–H groups in total. The number of anilines is 1. The number of carbonyl (C=O) groups is 4. The number of methoxy groups -OCH3 is 2. The van der Waals surface area contributed by atoms with Crippen LogP contribution in [0.25, 0.3) is 6.08 Å². The van der Waals surface area contributed by atoms with Crippen LogP contribution in [0.1, 0.15) is 11.1 Å². The van der Waals surface area contributed by atoms with Crippen molar-refractivity contribution in [2.75, 3.05) is 32.7 Å². The average molecular weight is 471 g/mol. The van der Waals surface area contributed by atoms with Crippen LogP contribution in [-0.4, -0.2) is 55.3 Å².